The molecule has 0 spiro atoms. The van der Waals surface area contributed by atoms with E-state index < -0.39 is 0 Å². The second-order valence-corrected chi connectivity index (χ2v) is 5.76. The predicted octanol–water partition coefficient (Wildman–Crippen LogP) is 1.77. The molecule has 0 aromatic carbocycles. The molecule has 1 aliphatic rings. The Hall–Kier alpha value is -1.01. The van der Waals surface area contributed by atoms with Crippen molar-refractivity contribution in [1.82, 2.24) is 19.8 Å². The Morgan fingerprint density at radius 1 is 1.24 bits per heavy atom. The Bertz CT molecular complexity index is 497. The first-order chi connectivity index (χ1) is 8.36. The summed E-state index contributed by atoms with van der Waals surface area (Å²) >= 11 is 1.53. The van der Waals surface area contributed by atoms with E-state index in [-0.39, 0.29) is 0 Å². The van der Waals surface area contributed by atoms with Gasteiger partial charge in [-0.2, -0.15) is 9.61 Å². The molecule has 3 rings (SSSR count). The molecular formula is C11H17N5S. The van der Waals surface area contributed by atoms with Crippen molar-refractivity contribution >= 4 is 16.3 Å². The van der Waals surface area contributed by atoms with Crippen LogP contribution in [0.4, 0.5) is 0 Å². The minimum Gasteiger partial charge on any atom is -0.324 e. The molecule has 2 aromatic heterocycles. The molecule has 1 saturated carbocycles. The van der Waals surface area contributed by atoms with E-state index in [4.69, 9.17) is 5.73 Å². The van der Waals surface area contributed by atoms with Crippen molar-refractivity contribution in [2.75, 3.05) is 0 Å². The molecule has 2 N–H and O–H groups in total. The van der Waals surface area contributed by atoms with Crippen molar-refractivity contribution in [2.45, 2.75) is 45.1 Å². The van der Waals surface area contributed by atoms with E-state index in [0.29, 0.717) is 6.54 Å². The zero-order valence-electron chi connectivity index (χ0n) is 9.80. The molecule has 6 heteroatoms. The van der Waals surface area contributed by atoms with Crippen molar-refractivity contribution in [3.63, 3.8) is 0 Å². The summed E-state index contributed by atoms with van der Waals surface area (Å²) in [7, 11) is 0. The van der Waals surface area contributed by atoms with Crippen LogP contribution in [-0.2, 0) is 13.0 Å². The van der Waals surface area contributed by atoms with Crippen LogP contribution in [0.2, 0.25) is 0 Å². The fourth-order valence-electron chi connectivity index (χ4n) is 2.56. The maximum atomic E-state index is 5.59. The molecule has 92 valence electrons. The van der Waals surface area contributed by atoms with Gasteiger partial charge in [-0.1, -0.05) is 43.4 Å². The normalized spacial score (nSPS) is 17.9. The third-order valence-corrected chi connectivity index (χ3v) is 4.39. The van der Waals surface area contributed by atoms with Crippen LogP contribution in [0.15, 0.2) is 0 Å². The first kappa shape index (κ1) is 11.1. The van der Waals surface area contributed by atoms with E-state index >= 15 is 0 Å². The fourth-order valence-corrected chi connectivity index (χ4v) is 3.29. The Balaban J connectivity index is 1.81. The molecule has 1 fully saturated rings. The molecule has 0 unspecified atom stereocenters. The number of hydrogen-bond acceptors (Lipinski definition) is 5. The summed E-state index contributed by atoms with van der Waals surface area (Å²) in [4.78, 5) is 0.872. The van der Waals surface area contributed by atoms with Crippen LogP contribution in [0.3, 0.4) is 0 Å². The molecule has 0 bridgehead atoms. The Kier molecular flexibility index (Phi) is 3.07. The van der Waals surface area contributed by atoms with E-state index in [0.717, 1.165) is 28.1 Å². The van der Waals surface area contributed by atoms with Gasteiger partial charge in [-0.05, 0) is 5.92 Å². The lowest BCUT2D eigenvalue weighted by molar-refractivity contribution is 0.349. The van der Waals surface area contributed by atoms with Gasteiger partial charge in [-0.3, -0.25) is 0 Å². The first-order valence-electron chi connectivity index (χ1n) is 6.27. The zero-order valence-corrected chi connectivity index (χ0v) is 10.6. The highest BCUT2D eigenvalue weighted by atomic mass is 32.1. The van der Waals surface area contributed by atoms with Crippen LogP contribution in [-0.4, -0.2) is 19.8 Å². The standard InChI is InChI=1S/C11H17N5S/c12-7-10-15-16-9(13-14-11(16)17-10)6-8-4-2-1-3-5-8/h8H,1-7,12H2. The lowest BCUT2D eigenvalue weighted by Crippen LogP contribution is -2.12. The van der Waals surface area contributed by atoms with Gasteiger partial charge in [0.15, 0.2) is 5.82 Å². The SMILES string of the molecule is NCc1nn2c(CC3CCCCC3)nnc2s1. The summed E-state index contributed by atoms with van der Waals surface area (Å²) in [6.45, 7) is 0.483. The van der Waals surface area contributed by atoms with Gasteiger partial charge in [0.05, 0.1) is 0 Å². The summed E-state index contributed by atoms with van der Waals surface area (Å²) in [5.74, 6) is 1.77. The van der Waals surface area contributed by atoms with Gasteiger partial charge in [0.1, 0.15) is 5.01 Å². The summed E-state index contributed by atoms with van der Waals surface area (Å²) in [6.07, 6.45) is 7.76. The highest BCUT2D eigenvalue weighted by molar-refractivity contribution is 7.16. The first-order valence-corrected chi connectivity index (χ1v) is 7.08. The molecule has 0 aliphatic heterocycles. The summed E-state index contributed by atoms with van der Waals surface area (Å²) in [6, 6.07) is 0. The van der Waals surface area contributed by atoms with Crippen LogP contribution in [0, 0.1) is 5.92 Å². The molecule has 0 amide bonds. The third-order valence-electron chi connectivity index (χ3n) is 3.47. The van der Waals surface area contributed by atoms with E-state index in [2.05, 4.69) is 15.3 Å². The summed E-state index contributed by atoms with van der Waals surface area (Å²) < 4.78 is 1.88. The van der Waals surface area contributed by atoms with Crippen molar-refractivity contribution < 1.29 is 0 Å². The highest BCUT2D eigenvalue weighted by Crippen LogP contribution is 2.26. The summed E-state index contributed by atoms with van der Waals surface area (Å²) in [5, 5.41) is 13.8. The Labute approximate surface area is 104 Å². The molecule has 1 aliphatic carbocycles. The molecule has 2 aromatic rings. The van der Waals surface area contributed by atoms with E-state index in [1.54, 1.807) is 0 Å². The second-order valence-electron chi connectivity index (χ2n) is 4.72. The van der Waals surface area contributed by atoms with Gasteiger partial charge >= 0.3 is 0 Å². The minimum absolute atomic E-state index is 0.483. The topological polar surface area (TPSA) is 69.1 Å². The Morgan fingerprint density at radius 3 is 2.82 bits per heavy atom. The minimum atomic E-state index is 0.483. The van der Waals surface area contributed by atoms with Gasteiger partial charge in [-0.15, -0.1) is 10.2 Å². The lowest BCUT2D eigenvalue weighted by atomic mass is 9.87. The van der Waals surface area contributed by atoms with Crippen LogP contribution >= 0.6 is 11.3 Å². The third kappa shape index (κ3) is 2.19. The molecule has 0 saturated heterocycles. The number of fused-ring (bicyclic) bond motifs is 1. The van der Waals surface area contributed by atoms with Gasteiger partial charge in [0, 0.05) is 13.0 Å². The number of rotatable bonds is 3. The van der Waals surface area contributed by atoms with Gasteiger partial charge in [0.25, 0.3) is 0 Å². The molecule has 2 heterocycles. The zero-order chi connectivity index (χ0) is 11.7. The van der Waals surface area contributed by atoms with Gasteiger partial charge in [-0.25, -0.2) is 0 Å². The molecular weight excluding hydrogens is 234 g/mol. The average Bonchev–Trinajstić information content (AvgIpc) is 2.92. The largest absolute Gasteiger partial charge is 0.324 e. The number of nitrogens with two attached hydrogens (primary N) is 1. The van der Waals surface area contributed by atoms with Crippen LogP contribution in [0.25, 0.3) is 4.96 Å². The number of nitrogens with zero attached hydrogens (tertiary/aromatic N) is 4. The van der Waals surface area contributed by atoms with E-state index in [1.807, 2.05) is 4.52 Å². The van der Waals surface area contributed by atoms with Crippen LogP contribution in [0.1, 0.15) is 42.9 Å². The smallest absolute Gasteiger partial charge is 0.234 e. The van der Waals surface area contributed by atoms with Crippen molar-refractivity contribution in [2.24, 2.45) is 11.7 Å². The maximum Gasteiger partial charge on any atom is 0.234 e. The number of aromatic nitrogens is 4. The van der Waals surface area contributed by atoms with Crippen LogP contribution in [0.5, 0.6) is 0 Å². The quantitative estimate of drug-likeness (QED) is 0.902. The molecule has 5 nitrogen and oxygen atoms in total. The van der Waals surface area contributed by atoms with Crippen molar-refractivity contribution in [3.05, 3.63) is 10.8 Å². The average molecular weight is 251 g/mol. The second kappa shape index (κ2) is 4.70. The number of hydrogen-bond donors (Lipinski definition) is 1. The van der Waals surface area contributed by atoms with Gasteiger partial charge in [0.2, 0.25) is 4.96 Å². The highest BCUT2D eigenvalue weighted by Gasteiger charge is 2.18. The fraction of sp³-hybridized carbons (Fsp3) is 0.727. The molecule has 0 atom stereocenters. The van der Waals surface area contributed by atoms with Crippen LogP contribution < -0.4 is 5.73 Å². The summed E-state index contributed by atoms with van der Waals surface area (Å²) in [5.41, 5.74) is 5.59. The molecule has 17 heavy (non-hydrogen) atoms. The van der Waals surface area contributed by atoms with Crippen molar-refractivity contribution in [3.8, 4) is 0 Å². The lowest BCUT2D eigenvalue weighted by Gasteiger charge is -2.20. The van der Waals surface area contributed by atoms with Gasteiger partial charge < -0.3 is 5.73 Å². The predicted molar refractivity (Wildman–Crippen MR) is 66.8 cm³/mol. The molecule has 0 radical (unpaired) electrons. The van der Waals surface area contributed by atoms with Crippen molar-refractivity contribution in [1.29, 1.82) is 0 Å². The van der Waals surface area contributed by atoms with E-state index in [1.165, 1.54) is 43.4 Å². The monoisotopic (exact) mass is 251 g/mol. The van der Waals surface area contributed by atoms with E-state index in [9.17, 15) is 0 Å². The Morgan fingerprint density at radius 2 is 2.06 bits per heavy atom. The maximum absolute atomic E-state index is 5.59.